The van der Waals surface area contributed by atoms with Gasteiger partial charge in [-0.05, 0) is 17.7 Å². The lowest BCUT2D eigenvalue weighted by Gasteiger charge is -2.03. The summed E-state index contributed by atoms with van der Waals surface area (Å²) in [4.78, 5) is 0. The second kappa shape index (κ2) is 4.45. The molecule has 2 rings (SSSR count). The van der Waals surface area contributed by atoms with Gasteiger partial charge in [-0.3, -0.25) is 0 Å². The molecule has 0 bridgehead atoms. The van der Waals surface area contributed by atoms with Crippen LogP contribution in [0, 0.1) is 5.82 Å². The third-order valence-corrected chi connectivity index (χ3v) is 2.46. The zero-order valence-electron chi connectivity index (χ0n) is 8.32. The molecule has 0 amide bonds. The molecule has 0 spiro atoms. The number of nitrogens with zero attached hydrogens (tertiary/aromatic N) is 2. The van der Waals surface area contributed by atoms with Crippen molar-refractivity contribution in [2.75, 3.05) is 5.73 Å². The molecule has 0 saturated heterocycles. The molecule has 0 saturated carbocycles. The van der Waals surface area contributed by atoms with Crippen molar-refractivity contribution in [2.24, 2.45) is 0 Å². The minimum Gasteiger partial charge on any atom is -0.381 e. The van der Waals surface area contributed by atoms with Gasteiger partial charge in [0.25, 0.3) is 0 Å². The minimum atomic E-state index is -0.266. The Morgan fingerprint density at radius 1 is 1.25 bits per heavy atom. The Bertz CT molecular complexity index is 516. The fourth-order valence-electron chi connectivity index (χ4n) is 1.34. The first-order valence-corrected chi connectivity index (χ1v) is 5.05. The standard InChI is InChI=1S/C11H9ClFN3/c12-9-6-8(15-16-11(9)14)5-7-3-1-2-4-10(7)13/h1-4,6H,5H2,(H2,14,16). The van der Waals surface area contributed by atoms with Crippen LogP contribution >= 0.6 is 11.6 Å². The molecular weight excluding hydrogens is 229 g/mol. The van der Waals surface area contributed by atoms with Crippen molar-refractivity contribution in [1.82, 2.24) is 10.2 Å². The van der Waals surface area contributed by atoms with E-state index >= 15 is 0 Å². The van der Waals surface area contributed by atoms with Gasteiger partial charge in [-0.25, -0.2) is 4.39 Å². The average molecular weight is 238 g/mol. The van der Waals surface area contributed by atoms with Crippen molar-refractivity contribution in [3.05, 3.63) is 52.4 Å². The van der Waals surface area contributed by atoms with Gasteiger partial charge in [0, 0.05) is 6.42 Å². The first kappa shape index (κ1) is 10.8. The maximum absolute atomic E-state index is 13.3. The second-order valence-corrected chi connectivity index (χ2v) is 3.74. The molecule has 1 heterocycles. The Morgan fingerprint density at radius 3 is 2.69 bits per heavy atom. The first-order valence-electron chi connectivity index (χ1n) is 4.68. The molecule has 82 valence electrons. The van der Waals surface area contributed by atoms with E-state index in [2.05, 4.69) is 10.2 Å². The molecule has 0 aliphatic carbocycles. The summed E-state index contributed by atoms with van der Waals surface area (Å²) >= 11 is 5.80. The smallest absolute Gasteiger partial charge is 0.164 e. The van der Waals surface area contributed by atoms with E-state index in [1.807, 2.05) is 0 Å². The van der Waals surface area contributed by atoms with Gasteiger partial charge in [0.15, 0.2) is 5.82 Å². The zero-order chi connectivity index (χ0) is 11.5. The molecule has 0 aliphatic rings. The fourth-order valence-corrected chi connectivity index (χ4v) is 1.50. The van der Waals surface area contributed by atoms with Gasteiger partial charge >= 0.3 is 0 Å². The summed E-state index contributed by atoms with van der Waals surface area (Å²) in [7, 11) is 0. The van der Waals surface area contributed by atoms with E-state index in [4.69, 9.17) is 17.3 Å². The number of hydrogen-bond donors (Lipinski definition) is 1. The van der Waals surface area contributed by atoms with E-state index in [0.29, 0.717) is 22.7 Å². The Balaban J connectivity index is 2.28. The SMILES string of the molecule is Nc1nnc(Cc2ccccc2F)cc1Cl. The van der Waals surface area contributed by atoms with Crippen LogP contribution in [0.2, 0.25) is 5.02 Å². The van der Waals surface area contributed by atoms with Crippen LogP contribution in [-0.4, -0.2) is 10.2 Å². The van der Waals surface area contributed by atoms with Gasteiger partial charge in [0.2, 0.25) is 0 Å². The summed E-state index contributed by atoms with van der Waals surface area (Å²) in [6.45, 7) is 0. The summed E-state index contributed by atoms with van der Waals surface area (Å²) in [6, 6.07) is 8.10. The number of halogens is 2. The quantitative estimate of drug-likeness (QED) is 0.873. The summed E-state index contributed by atoms with van der Waals surface area (Å²) in [6.07, 6.45) is 0.347. The van der Waals surface area contributed by atoms with Crippen LogP contribution < -0.4 is 5.73 Å². The number of rotatable bonds is 2. The third kappa shape index (κ3) is 2.28. The highest BCUT2D eigenvalue weighted by Crippen LogP contribution is 2.17. The molecule has 16 heavy (non-hydrogen) atoms. The van der Waals surface area contributed by atoms with Crippen LogP contribution in [0.1, 0.15) is 11.3 Å². The van der Waals surface area contributed by atoms with Crippen molar-refractivity contribution in [2.45, 2.75) is 6.42 Å². The summed E-state index contributed by atoms with van der Waals surface area (Å²) in [5.41, 5.74) is 6.57. The predicted octanol–water partition coefficient (Wildman–Crippen LogP) is 2.44. The van der Waals surface area contributed by atoms with Gasteiger partial charge in [-0.2, -0.15) is 5.10 Å². The summed E-state index contributed by atoms with van der Waals surface area (Å²) in [5, 5.41) is 7.86. The van der Waals surface area contributed by atoms with Crippen molar-refractivity contribution < 1.29 is 4.39 Å². The Morgan fingerprint density at radius 2 is 2.00 bits per heavy atom. The first-order chi connectivity index (χ1) is 7.66. The highest BCUT2D eigenvalue weighted by atomic mass is 35.5. The van der Waals surface area contributed by atoms with Crippen LogP contribution in [0.4, 0.5) is 10.2 Å². The lowest BCUT2D eigenvalue weighted by molar-refractivity contribution is 0.613. The van der Waals surface area contributed by atoms with Crippen LogP contribution in [0.5, 0.6) is 0 Å². The van der Waals surface area contributed by atoms with Crippen molar-refractivity contribution in [3.63, 3.8) is 0 Å². The molecule has 0 aliphatic heterocycles. The Labute approximate surface area is 97.1 Å². The molecular formula is C11H9ClFN3. The number of anilines is 1. The molecule has 0 radical (unpaired) electrons. The maximum atomic E-state index is 13.3. The highest BCUT2D eigenvalue weighted by molar-refractivity contribution is 6.32. The van der Waals surface area contributed by atoms with Gasteiger partial charge in [-0.15, -0.1) is 5.10 Å². The molecule has 2 aromatic rings. The molecule has 3 nitrogen and oxygen atoms in total. The monoisotopic (exact) mass is 237 g/mol. The lowest BCUT2D eigenvalue weighted by Crippen LogP contribution is -2.00. The van der Waals surface area contributed by atoms with E-state index in [-0.39, 0.29) is 11.6 Å². The van der Waals surface area contributed by atoms with Crippen molar-refractivity contribution >= 4 is 17.4 Å². The normalized spacial score (nSPS) is 10.4. The fraction of sp³-hybridized carbons (Fsp3) is 0.0909. The van der Waals surface area contributed by atoms with Crippen molar-refractivity contribution in [3.8, 4) is 0 Å². The van der Waals surface area contributed by atoms with Gasteiger partial charge < -0.3 is 5.73 Å². The predicted molar refractivity (Wildman–Crippen MR) is 60.7 cm³/mol. The van der Waals surface area contributed by atoms with Crippen LogP contribution in [-0.2, 0) is 6.42 Å². The van der Waals surface area contributed by atoms with E-state index in [1.54, 1.807) is 24.3 Å². The van der Waals surface area contributed by atoms with E-state index in [1.165, 1.54) is 6.07 Å². The third-order valence-electron chi connectivity index (χ3n) is 2.15. The second-order valence-electron chi connectivity index (χ2n) is 3.34. The van der Waals surface area contributed by atoms with Crippen LogP contribution in [0.3, 0.4) is 0 Å². The number of aromatic nitrogens is 2. The number of nitrogens with two attached hydrogens (primary N) is 1. The Kier molecular flexibility index (Phi) is 3.01. The number of hydrogen-bond acceptors (Lipinski definition) is 3. The molecule has 1 aromatic carbocycles. The highest BCUT2D eigenvalue weighted by Gasteiger charge is 2.06. The molecule has 2 N–H and O–H groups in total. The maximum Gasteiger partial charge on any atom is 0.164 e. The topological polar surface area (TPSA) is 51.8 Å². The minimum absolute atomic E-state index is 0.180. The van der Waals surface area contributed by atoms with E-state index < -0.39 is 0 Å². The summed E-state index contributed by atoms with van der Waals surface area (Å²) < 4.78 is 13.3. The molecule has 0 unspecified atom stereocenters. The number of nitrogen functional groups attached to an aromatic ring is 1. The zero-order valence-corrected chi connectivity index (χ0v) is 9.08. The van der Waals surface area contributed by atoms with Crippen LogP contribution in [0.25, 0.3) is 0 Å². The lowest BCUT2D eigenvalue weighted by atomic mass is 10.1. The van der Waals surface area contributed by atoms with Crippen LogP contribution in [0.15, 0.2) is 30.3 Å². The van der Waals surface area contributed by atoms with E-state index in [0.717, 1.165) is 0 Å². The molecule has 0 fully saturated rings. The molecule has 1 aromatic heterocycles. The molecule has 5 heteroatoms. The van der Waals surface area contributed by atoms with Crippen molar-refractivity contribution in [1.29, 1.82) is 0 Å². The Hall–Kier alpha value is -1.68. The van der Waals surface area contributed by atoms with Gasteiger partial charge in [-0.1, -0.05) is 29.8 Å². The molecule has 0 atom stereocenters. The largest absolute Gasteiger partial charge is 0.381 e. The van der Waals surface area contributed by atoms with Gasteiger partial charge in [0.05, 0.1) is 10.7 Å². The summed E-state index contributed by atoms with van der Waals surface area (Å²) in [5.74, 6) is -0.0869. The average Bonchev–Trinajstić information content (AvgIpc) is 2.27. The van der Waals surface area contributed by atoms with Gasteiger partial charge in [0.1, 0.15) is 5.82 Å². The number of benzene rings is 1. The van der Waals surface area contributed by atoms with E-state index in [9.17, 15) is 4.39 Å².